The molecule has 1 aliphatic heterocycles. The van der Waals surface area contributed by atoms with E-state index in [1.165, 1.54) is 0 Å². The van der Waals surface area contributed by atoms with Crippen LogP contribution in [0.2, 0.25) is 0 Å². The van der Waals surface area contributed by atoms with E-state index in [9.17, 15) is 13.2 Å². The fraction of sp³-hybridized carbons (Fsp3) is 1.00. The summed E-state index contributed by atoms with van der Waals surface area (Å²) in [6, 6.07) is 0.242. The molecule has 0 saturated carbocycles. The average Bonchev–Trinajstić information content (AvgIpc) is 2.42. The number of rotatable bonds is 3. The smallest absolute Gasteiger partial charge is 0.330 e. The normalized spacial score (nSPS) is 27.8. The van der Waals surface area contributed by atoms with Crippen LogP contribution < -0.4 is 5.73 Å². The van der Waals surface area contributed by atoms with Gasteiger partial charge in [-0.1, -0.05) is 0 Å². The Morgan fingerprint density at radius 2 is 2.00 bits per heavy atom. The molecule has 2 nitrogen and oxygen atoms in total. The highest BCUT2D eigenvalue weighted by atomic mass is 35.5. The lowest BCUT2D eigenvalue weighted by molar-refractivity contribution is -0.138. The van der Waals surface area contributed by atoms with E-state index >= 15 is 0 Å². The zero-order chi connectivity index (χ0) is 10.8. The average molecular weight is 247 g/mol. The van der Waals surface area contributed by atoms with Gasteiger partial charge in [0.2, 0.25) is 0 Å². The molecule has 2 N–H and O–H groups in total. The molecule has 1 aliphatic rings. The molecule has 2 atom stereocenters. The molecule has 0 radical (unpaired) electrons. The molecule has 1 rings (SSSR count). The lowest BCUT2D eigenvalue weighted by atomic mass is 10.1. The van der Waals surface area contributed by atoms with Crippen molar-refractivity contribution >= 4 is 12.4 Å². The third-order valence-electron chi connectivity index (χ3n) is 2.81. The second-order valence-corrected chi connectivity index (χ2v) is 4.05. The van der Waals surface area contributed by atoms with Crippen molar-refractivity contribution in [1.29, 1.82) is 0 Å². The van der Waals surface area contributed by atoms with Gasteiger partial charge in [-0.05, 0) is 25.8 Å². The Hall–Kier alpha value is -0.0000000000000000555. The molecular weight excluding hydrogens is 229 g/mol. The number of alkyl halides is 3. The van der Waals surface area contributed by atoms with Gasteiger partial charge in [-0.25, -0.2) is 0 Å². The third-order valence-corrected chi connectivity index (χ3v) is 2.81. The maximum absolute atomic E-state index is 12.0. The summed E-state index contributed by atoms with van der Waals surface area (Å²) < 4.78 is 35.9. The Morgan fingerprint density at radius 3 is 2.40 bits per heavy atom. The molecule has 92 valence electrons. The molecule has 0 bridgehead atoms. The minimum absolute atomic E-state index is 0. The lowest BCUT2D eigenvalue weighted by Crippen LogP contribution is -2.31. The van der Waals surface area contributed by atoms with E-state index in [1.807, 2.05) is 11.8 Å². The molecule has 0 aromatic carbocycles. The van der Waals surface area contributed by atoms with Crippen LogP contribution in [0.4, 0.5) is 13.2 Å². The Balaban J connectivity index is 0.00000196. The minimum atomic E-state index is -4.04. The number of likely N-dealkylation sites (tertiary alicyclic amines) is 1. The number of hydrogen-bond acceptors (Lipinski definition) is 2. The van der Waals surface area contributed by atoms with Crippen molar-refractivity contribution in [3.05, 3.63) is 0 Å². The van der Waals surface area contributed by atoms with Gasteiger partial charge in [0.1, 0.15) is 0 Å². The zero-order valence-electron chi connectivity index (χ0n) is 8.76. The number of nitrogens with zero attached hydrogens (tertiary/aromatic N) is 1. The van der Waals surface area contributed by atoms with Gasteiger partial charge < -0.3 is 5.73 Å². The first kappa shape index (κ1) is 15.0. The topological polar surface area (TPSA) is 29.3 Å². The molecule has 0 aromatic rings. The third kappa shape index (κ3) is 5.04. The summed E-state index contributed by atoms with van der Waals surface area (Å²) in [5.74, 6) is 0.373. The van der Waals surface area contributed by atoms with Crippen LogP contribution in [0, 0.1) is 5.92 Å². The van der Waals surface area contributed by atoms with Gasteiger partial charge in [-0.2, -0.15) is 13.2 Å². The predicted molar refractivity (Wildman–Crippen MR) is 56.1 cm³/mol. The maximum atomic E-state index is 12.0. The monoisotopic (exact) mass is 246 g/mol. The molecule has 0 amide bonds. The van der Waals surface area contributed by atoms with Crippen molar-refractivity contribution in [2.75, 3.05) is 19.6 Å². The second kappa shape index (κ2) is 5.92. The Morgan fingerprint density at radius 1 is 1.40 bits per heavy atom. The summed E-state index contributed by atoms with van der Waals surface area (Å²) in [7, 11) is 0. The van der Waals surface area contributed by atoms with Crippen LogP contribution in [-0.4, -0.2) is 36.8 Å². The van der Waals surface area contributed by atoms with Gasteiger partial charge in [-0.15, -0.1) is 12.4 Å². The highest BCUT2D eigenvalue weighted by molar-refractivity contribution is 5.85. The zero-order valence-corrected chi connectivity index (χ0v) is 9.57. The summed E-state index contributed by atoms with van der Waals surface area (Å²) in [4.78, 5) is 1.88. The molecule has 0 aromatic heterocycles. The second-order valence-electron chi connectivity index (χ2n) is 4.05. The van der Waals surface area contributed by atoms with Crippen molar-refractivity contribution in [3.63, 3.8) is 0 Å². The van der Waals surface area contributed by atoms with E-state index in [-0.39, 0.29) is 25.0 Å². The molecule has 1 fully saturated rings. The fourth-order valence-corrected chi connectivity index (χ4v) is 1.97. The number of nitrogens with two attached hydrogens (primary N) is 1. The number of halogens is 4. The van der Waals surface area contributed by atoms with E-state index in [1.54, 1.807) is 0 Å². The van der Waals surface area contributed by atoms with Crippen molar-refractivity contribution in [3.8, 4) is 0 Å². The summed E-state index contributed by atoms with van der Waals surface area (Å²) >= 11 is 0. The van der Waals surface area contributed by atoms with Crippen LogP contribution in [0.25, 0.3) is 0 Å². The van der Waals surface area contributed by atoms with Gasteiger partial charge in [0.15, 0.2) is 0 Å². The largest absolute Gasteiger partial charge is 0.390 e. The SMILES string of the molecule is CC1CC(CN)CN1CCC(F)(F)F.Cl. The maximum Gasteiger partial charge on any atom is 0.390 e. The molecular formula is C9H18ClF3N2. The number of hydrogen-bond donors (Lipinski definition) is 1. The van der Waals surface area contributed by atoms with Crippen LogP contribution in [0.5, 0.6) is 0 Å². The molecule has 6 heteroatoms. The molecule has 0 aliphatic carbocycles. The van der Waals surface area contributed by atoms with Crippen LogP contribution in [-0.2, 0) is 0 Å². The first-order valence-electron chi connectivity index (χ1n) is 4.93. The van der Waals surface area contributed by atoms with Gasteiger partial charge in [-0.3, -0.25) is 4.90 Å². The quantitative estimate of drug-likeness (QED) is 0.826. The van der Waals surface area contributed by atoms with E-state index < -0.39 is 12.6 Å². The standard InChI is InChI=1S/C9H17F3N2.ClH/c1-7-4-8(5-13)6-14(7)3-2-9(10,11)12;/h7-8H,2-6,13H2,1H3;1H. The summed E-state index contributed by atoms with van der Waals surface area (Å²) in [5.41, 5.74) is 5.49. The van der Waals surface area contributed by atoms with Crippen LogP contribution in [0.15, 0.2) is 0 Å². The predicted octanol–water partition coefficient (Wildman–Crippen LogP) is 2.03. The van der Waals surface area contributed by atoms with Crippen LogP contribution >= 0.6 is 12.4 Å². The van der Waals surface area contributed by atoms with Crippen LogP contribution in [0.1, 0.15) is 19.8 Å². The summed E-state index contributed by atoms with van der Waals surface area (Å²) in [6.45, 7) is 3.37. The van der Waals surface area contributed by atoms with Gasteiger partial charge in [0, 0.05) is 19.1 Å². The van der Waals surface area contributed by atoms with Crippen molar-refractivity contribution in [2.45, 2.75) is 32.0 Å². The highest BCUT2D eigenvalue weighted by Crippen LogP contribution is 2.25. The van der Waals surface area contributed by atoms with Gasteiger partial charge in [0.25, 0.3) is 0 Å². The molecule has 15 heavy (non-hydrogen) atoms. The summed E-state index contributed by atoms with van der Waals surface area (Å²) in [6.07, 6.45) is -3.83. The van der Waals surface area contributed by atoms with E-state index in [4.69, 9.17) is 5.73 Å². The van der Waals surface area contributed by atoms with Crippen molar-refractivity contribution < 1.29 is 13.2 Å². The Labute approximate surface area is 94.4 Å². The highest BCUT2D eigenvalue weighted by Gasteiger charge is 2.32. The Bertz CT molecular complexity index is 187. The van der Waals surface area contributed by atoms with Gasteiger partial charge >= 0.3 is 6.18 Å². The lowest BCUT2D eigenvalue weighted by Gasteiger charge is -2.21. The summed E-state index contributed by atoms with van der Waals surface area (Å²) in [5, 5.41) is 0. The van der Waals surface area contributed by atoms with Crippen molar-refractivity contribution in [2.24, 2.45) is 11.7 Å². The van der Waals surface area contributed by atoms with E-state index in [0.29, 0.717) is 19.0 Å². The van der Waals surface area contributed by atoms with Crippen LogP contribution in [0.3, 0.4) is 0 Å². The van der Waals surface area contributed by atoms with Gasteiger partial charge in [0.05, 0.1) is 6.42 Å². The Kier molecular flexibility index (Phi) is 5.92. The molecule has 2 unspecified atom stereocenters. The van der Waals surface area contributed by atoms with E-state index in [2.05, 4.69) is 0 Å². The minimum Gasteiger partial charge on any atom is -0.330 e. The van der Waals surface area contributed by atoms with E-state index in [0.717, 1.165) is 6.42 Å². The van der Waals surface area contributed by atoms with Crippen molar-refractivity contribution in [1.82, 2.24) is 4.90 Å². The molecule has 0 spiro atoms. The fourth-order valence-electron chi connectivity index (χ4n) is 1.97. The molecule has 1 saturated heterocycles. The first-order chi connectivity index (χ1) is 6.42. The molecule has 1 heterocycles. The first-order valence-corrected chi connectivity index (χ1v) is 4.93.